The first-order valence-corrected chi connectivity index (χ1v) is 6.94. The molecule has 3 N–H and O–H groups in total. The number of rotatable bonds is 5. The van der Waals surface area contributed by atoms with Gasteiger partial charge in [0.05, 0.1) is 11.4 Å². The Labute approximate surface area is 102 Å². The summed E-state index contributed by atoms with van der Waals surface area (Å²) in [6.45, 7) is 1.84. The van der Waals surface area contributed by atoms with E-state index in [1.807, 2.05) is 6.92 Å². The Kier molecular flexibility index (Phi) is 4.86. The van der Waals surface area contributed by atoms with Gasteiger partial charge in [-0.25, -0.2) is 8.78 Å². The molecule has 1 aromatic carbocycles. The Balaban J connectivity index is 2.71. The van der Waals surface area contributed by atoms with Crippen LogP contribution in [0.2, 0.25) is 0 Å². The van der Waals surface area contributed by atoms with Crippen molar-refractivity contribution in [1.82, 2.24) is 0 Å². The lowest BCUT2D eigenvalue weighted by atomic mass is 10.2. The molecule has 1 aromatic rings. The first-order valence-electron chi connectivity index (χ1n) is 5.21. The maximum absolute atomic E-state index is 13.2. The van der Waals surface area contributed by atoms with Gasteiger partial charge in [-0.15, -0.1) is 0 Å². The standard InChI is InChI=1S/C11H16F2N2OS/c1-7(3-4-17(2)16)15-10-6-8(12)5-9(13)11(10)14/h5-7,15H,3-4,14H2,1-2H3. The number of hydrogen-bond acceptors (Lipinski definition) is 3. The topological polar surface area (TPSA) is 55.1 Å². The molecule has 0 aliphatic carbocycles. The lowest BCUT2D eigenvalue weighted by Crippen LogP contribution is -2.19. The van der Waals surface area contributed by atoms with Crippen molar-refractivity contribution in [2.45, 2.75) is 19.4 Å². The number of anilines is 2. The highest BCUT2D eigenvalue weighted by molar-refractivity contribution is 7.84. The Morgan fingerprint density at radius 2 is 2.12 bits per heavy atom. The molecule has 0 spiro atoms. The van der Waals surface area contributed by atoms with Crippen LogP contribution in [0.1, 0.15) is 13.3 Å². The van der Waals surface area contributed by atoms with Crippen molar-refractivity contribution in [3.63, 3.8) is 0 Å². The van der Waals surface area contributed by atoms with Crippen molar-refractivity contribution >= 4 is 22.2 Å². The van der Waals surface area contributed by atoms with E-state index in [2.05, 4.69) is 5.32 Å². The van der Waals surface area contributed by atoms with Gasteiger partial charge in [0.2, 0.25) is 0 Å². The Hall–Kier alpha value is -1.17. The predicted octanol–water partition coefficient (Wildman–Crippen LogP) is 2.12. The van der Waals surface area contributed by atoms with E-state index in [1.54, 1.807) is 6.26 Å². The van der Waals surface area contributed by atoms with Gasteiger partial charge in [-0.2, -0.15) is 0 Å². The molecule has 0 aromatic heterocycles. The normalized spacial score (nSPS) is 14.4. The molecule has 0 radical (unpaired) electrons. The molecular weight excluding hydrogens is 246 g/mol. The Morgan fingerprint density at radius 3 is 2.71 bits per heavy atom. The van der Waals surface area contributed by atoms with Gasteiger partial charge in [0.15, 0.2) is 5.82 Å². The van der Waals surface area contributed by atoms with Gasteiger partial charge >= 0.3 is 0 Å². The summed E-state index contributed by atoms with van der Waals surface area (Å²) in [5.41, 5.74) is 5.62. The average molecular weight is 262 g/mol. The third kappa shape index (κ3) is 4.30. The molecule has 0 saturated heterocycles. The first-order chi connectivity index (χ1) is 7.90. The van der Waals surface area contributed by atoms with Crippen LogP contribution in [0.3, 0.4) is 0 Å². The van der Waals surface area contributed by atoms with Crippen LogP contribution >= 0.6 is 0 Å². The van der Waals surface area contributed by atoms with Crippen LogP contribution in [0.25, 0.3) is 0 Å². The SMILES string of the molecule is CC(CCS(C)=O)Nc1cc(F)cc(F)c1N. The molecule has 6 heteroatoms. The molecule has 17 heavy (non-hydrogen) atoms. The molecule has 3 nitrogen and oxygen atoms in total. The van der Waals surface area contributed by atoms with Crippen molar-refractivity contribution in [2.24, 2.45) is 0 Å². The summed E-state index contributed by atoms with van der Waals surface area (Å²) in [7, 11) is -0.878. The van der Waals surface area contributed by atoms with Gasteiger partial charge in [-0.1, -0.05) is 0 Å². The second-order valence-corrected chi connectivity index (χ2v) is 5.51. The summed E-state index contributed by atoms with van der Waals surface area (Å²) in [5, 5.41) is 2.91. The van der Waals surface area contributed by atoms with Crippen LogP contribution in [0, 0.1) is 11.6 Å². The average Bonchev–Trinajstić information content (AvgIpc) is 2.22. The van der Waals surface area contributed by atoms with E-state index < -0.39 is 22.4 Å². The van der Waals surface area contributed by atoms with E-state index >= 15 is 0 Å². The second kappa shape index (κ2) is 5.95. The van der Waals surface area contributed by atoms with Gasteiger partial charge in [0.1, 0.15) is 5.82 Å². The fourth-order valence-electron chi connectivity index (χ4n) is 1.38. The third-order valence-electron chi connectivity index (χ3n) is 2.33. The van der Waals surface area contributed by atoms with E-state index in [0.29, 0.717) is 12.2 Å². The predicted molar refractivity (Wildman–Crippen MR) is 67.4 cm³/mol. The van der Waals surface area contributed by atoms with Crippen molar-refractivity contribution in [3.8, 4) is 0 Å². The highest BCUT2D eigenvalue weighted by Gasteiger charge is 2.10. The van der Waals surface area contributed by atoms with Crippen molar-refractivity contribution in [1.29, 1.82) is 0 Å². The summed E-state index contributed by atoms with van der Waals surface area (Å²) in [5.74, 6) is -0.921. The summed E-state index contributed by atoms with van der Waals surface area (Å²) in [6.07, 6.45) is 2.25. The number of nitrogens with one attached hydrogen (secondary N) is 1. The zero-order valence-electron chi connectivity index (χ0n) is 9.80. The van der Waals surface area contributed by atoms with E-state index in [4.69, 9.17) is 5.73 Å². The quantitative estimate of drug-likeness (QED) is 0.799. The molecule has 0 amide bonds. The van der Waals surface area contributed by atoms with Crippen LogP contribution in [0.15, 0.2) is 12.1 Å². The van der Waals surface area contributed by atoms with Crippen LogP contribution in [0.4, 0.5) is 20.2 Å². The molecule has 0 fully saturated rings. The highest BCUT2D eigenvalue weighted by Crippen LogP contribution is 2.24. The van der Waals surface area contributed by atoms with Crippen molar-refractivity contribution < 1.29 is 13.0 Å². The Bertz CT molecular complexity index is 426. The van der Waals surface area contributed by atoms with Crippen LogP contribution < -0.4 is 11.1 Å². The smallest absolute Gasteiger partial charge is 0.151 e. The molecule has 2 atom stereocenters. The number of halogens is 2. The lowest BCUT2D eigenvalue weighted by Gasteiger charge is -2.16. The molecule has 0 aliphatic rings. The zero-order valence-corrected chi connectivity index (χ0v) is 10.6. The molecule has 96 valence electrons. The van der Waals surface area contributed by atoms with Crippen LogP contribution in [-0.2, 0) is 10.8 Å². The van der Waals surface area contributed by atoms with Gasteiger partial charge in [-0.3, -0.25) is 4.21 Å². The summed E-state index contributed by atoms with van der Waals surface area (Å²) in [6, 6.07) is 1.84. The minimum atomic E-state index is -0.878. The van der Waals surface area contributed by atoms with Crippen molar-refractivity contribution in [2.75, 3.05) is 23.1 Å². The van der Waals surface area contributed by atoms with Crippen LogP contribution in [-0.4, -0.2) is 22.3 Å². The number of hydrogen-bond donors (Lipinski definition) is 2. The van der Waals surface area contributed by atoms with Gasteiger partial charge in [0, 0.05) is 34.9 Å². The maximum atomic E-state index is 13.2. The summed E-state index contributed by atoms with van der Waals surface area (Å²) >= 11 is 0. The molecule has 2 unspecified atom stereocenters. The summed E-state index contributed by atoms with van der Waals surface area (Å²) in [4.78, 5) is 0. The molecule has 0 bridgehead atoms. The third-order valence-corrected chi connectivity index (χ3v) is 3.15. The zero-order chi connectivity index (χ0) is 13.0. The fourth-order valence-corrected chi connectivity index (χ4v) is 2.07. The number of benzene rings is 1. The first kappa shape index (κ1) is 13.9. The van der Waals surface area contributed by atoms with E-state index in [0.717, 1.165) is 12.1 Å². The number of nitrogens with two attached hydrogens (primary N) is 1. The number of nitrogen functional groups attached to an aromatic ring is 1. The monoisotopic (exact) mass is 262 g/mol. The molecule has 0 aliphatic heterocycles. The molecular formula is C11H16F2N2OS. The van der Waals surface area contributed by atoms with Gasteiger partial charge in [0.25, 0.3) is 0 Å². The van der Waals surface area contributed by atoms with E-state index in [-0.39, 0.29) is 17.4 Å². The molecule has 0 saturated carbocycles. The van der Waals surface area contributed by atoms with Gasteiger partial charge < -0.3 is 11.1 Å². The van der Waals surface area contributed by atoms with Gasteiger partial charge in [-0.05, 0) is 19.4 Å². The van der Waals surface area contributed by atoms with Crippen LogP contribution in [0.5, 0.6) is 0 Å². The minimum absolute atomic E-state index is 0.0533. The summed E-state index contributed by atoms with van der Waals surface area (Å²) < 4.78 is 37.1. The van der Waals surface area contributed by atoms with Crippen molar-refractivity contribution in [3.05, 3.63) is 23.8 Å². The maximum Gasteiger partial charge on any atom is 0.151 e. The lowest BCUT2D eigenvalue weighted by molar-refractivity contribution is 0.586. The van der Waals surface area contributed by atoms with E-state index in [9.17, 15) is 13.0 Å². The highest BCUT2D eigenvalue weighted by atomic mass is 32.2. The van der Waals surface area contributed by atoms with E-state index in [1.165, 1.54) is 0 Å². The Morgan fingerprint density at radius 1 is 1.47 bits per heavy atom. The minimum Gasteiger partial charge on any atom is -0.395 e. The molecule has 1 rings (SSSR count). The fraction of sp³-hybridized carbons (Fsp3) is 0.455. The second-order valence-electron chi connectivity index (χ2n) is 3.96. The molecule has 0 heterocycles. The largest absolute Gasteiger partial charge is 0.395 e.